The van der Waals surface area contributed by atoms with Gasteiger partial charge in [0.05, 0.1) is 0 Å². The maximum atomic E-state index is 10.1. The standard InChI is InChI=1S/C12H18O/c1-10-6-7-11(2)12(9-10)5-3-4-8-13/h3-5,8,10-11H,6-7,9H2,1-2H3/b4-3+,12-5-. The monoisotopic (exact) mass is 178 g/mol. The molecule has 0 N–H and O–H groups in total. The molecule has 0 radical (unpaired) electrons. The third-order valence-electron chi connectivity index (χ3n) is 2.81. The Morgan fingerprint density at radius 1 is 1.23 bits per heavy atom. The number of carbonyl (C=O) groups is 1. The van der Waals surface area contributed by atoms with E-state index in [1.165, 1.54) is 24.8 Å². The van der Waals surface area contributed by atoms with Crippen molar-refractivity contribution in [3.05, 3.63) is 23.8 Å². The van der Waals surface area contributed by atoms with E-state index < -0.39 is 0 Å². The van der Waals surface area contributed by atoms with Gasteiger partial charge in [-0.15, -0.1) is 0 Å². The highest BCUT2D eigenvalue weighted by Crippen LogP contribution is 2.32. The topological polar surface area (TPSA) is 17.1 Å². The lowest BCUT2D eigenvalue weighted by Gasteiger charge is -2.26. The zero-order valence-corrected chi connectivity index (χ0v) is 8.49. The summed E-state index contributed by atoms with van der Waals surface area (Å²) >= 11 is 0. The molecule has 13 heavy (non-hydrogen) atoms. The second-order valence-corrected chi connectivity index (χ2v) is 4.05. The number of hydrogen-bond acceptors (Lipinski definition) is 1. The summed E-state index contributed by atoms with van der Waals surface area (Å²) in [5.41, 5.74) is 1.50. The fraction of sp³-hybridized carbons (Fsp3) is 0.583. The van der Waals surface area contributed by atoms with Crippen LogP contribution in [0.3, 0.4) is 0 Å². The summed E-state index contributed by atoms with van der Waals surface area (Å²) in [7, 11) is 0. The Labute approximate surface area is 80.5 Å². The Morgan fingerprint density at radius 2 is 2.00 bits per heavy atom. The van der Waals surface area contributed by atoms with Gasteiger partial charge in [0, 0.05) is 0 Å². The minimum atomic E-state index is 0.701. The largest absolute Gasteiger partial charge is 0.299 e. The first kappa shape index (κ1) is 10.2. The molecule has 0 bridgehead atoms. The normalized spacial score (nSPS) is 32.6. The van der Waals surface area contributed by atoms with Crippen molar-refractivity contribution < 1.29 is 4.79 Å². The molecule has 2 unspecified atom stereocenters. The van der Waals surface area contributed by atoms with Crippen LogP contribution in [0.1, 0.15) is 33.1 Å². The van der Waals surface area contributed by atoms with Gasteiger partial charge in [-0.1, -0.05) is 31.6 Å². The molecule has 0 saturated heterocycles. The van der Waals surface area contributed by atoms with Crippen LogP contribution in [0.4, 0.5) is 0 Å². The van der Waals surface area contributed by atoms with Crippen LogP contribution in [-0.4, -0.2) is 6.29 Å². The summed E-state index contributed by atoms with van der Waals surface area (Å²) in [5.74, 6) is 1.51. The Kier molecular flexibility index (Phi) is 3.94. The maximum absolute atomic E-state index is 10.1. The Morgan fingerprint density at radius 3 is 2.69 bits per heavy atom. The molecule has 0 spiro atoms. The zero-order valence-electron chi connectivity index (χ0n) is 8.49. The van der Waals surface area contributed by atoms with Crippen molar-refractivity contribution in [2.75, 3.05) is 0 Å². The van der Waals surface area contributed by atoms with Gasteiger partial charge >= 0.3 is 0 Å². The quantitative estimate of drug-likeness (QED) is 0.469. The molecule has 0 aromatic carbocycles. The number of aldehydes is 1. The van der Waals surface area contributed by atoms with E-state index >= 15 is 0 Å². The Hall–Kier alpha value is -0.850. The van der Waals surface area contributed by atoms with Crippen LogP contribution in [-0.2, 0) is 4.79 Å². The number of hydrogen-bond donors (Lipinski definition) is 0. The maximum Gasteiger partial charge on any atom is 0.142 e. The smallest absolute Gasteiger partial charge is 0.142 e. The van der Waals surface area contributed by atoms with Crippen LogP contribution >= 0.6 is 0 Å². The second kappa shape index (κ2) is 5.00. The van der Waals surface area contributed by atoms with E-state index in [0.29, 0.717) is 5.92 Å². The summed E-state index contributed by atoms with van der Waals surface area (Å²) in [4.78, 5) is 10.1. The number of rotatable bonds is 2. The minimum Gasteiger partial charge on any atom is -0.299 e. The van der Waals surface area contributed by atoms with Crippen LogP contribution in [0.5, 0.6) is 0 Å². The van der Waals surface area contributed by atoms with Gasteiger partial charge in [0.2, 0.25) is 0 Å². The third kappa shape index (κ3) is 3.17. The molecule has 1 saturated carbocycles. The van der Waals surface area contributed by atoms with Gasteiger partial charge in [0.25, 0.3) is 0 Å². The van der Waals surface area contributed by atoms with Crippen molar-refractivity contribution >= 4 is 6.29 Å². The van der Waals surface area contributed by atoms with Gasteiger partial charge in [0.15, 0.2) is 0 Å². The third-order valence-corrected chi connectivity index (χ3v) is 2.81. The summed E-state index contributed by atoms with van der Waals surface area (Å²) in [6, 6.07) is 0. The molecule has 1 heteroatoms. The van der Waals surface area contributed by atoms with Crippen molar-refractivity contribution in [2.45, 2.75) is 33.1 Å². The highest BCUT2D eigenvalue weighted by Gasteiger charge is 2.18. The average molecular weight is 178 g/mol. The summed E-state index contributed by atoms with van der Waals surface area (Å²) in [5, 5.41) is 0. The molecule has 1 aliphatic rings. The van der Waals surface area contributed by atoms with Crippen molar-refractivity contribution in [2.24, 2.45) is 11.8 Å². The highest BCUT2D eigenvalue weighted by molar-refractivity contribution is 5.65. The van der Waals surface area contributed by atoms with E-state index in [0.717, 1.165) is 12.2 Å². The molecule has 1 rings (SSSR count). The fourth-order valence-corrected chi connectivity index (χ4v) is 1.88. The highest BCUT2D eigenvalue weighted by atomic mass is 16.1. The van der Waals surface area contributed by atoms with E-state index in [1.807, 2.05) is 6.08 Å². The predicted octanol–water partition coefficient (Wildman–Crippen LogP) is 3.12. The van der Waals surface area contributed by atoms with Gasteiger partial charge in [-0.25, -0.2) is 0 Å². The number of carbonyl (C=O) groups excluding carboxylic acids is 1. The lowest BCUT2D eigenvalue weighted by molar-refractivity contribution is -0.104. The second-order valence-electron chi connectivity index (χ2n) is 4.05. The van der Waals surface area contributed by atoms with E-state index in [-0.39, 0.29) is 0 Å². The lowest BCUT2D eigenvalue weighted by Crippen LogP contribution is -2.12. The van der Waals surface area contributed by atoms with Gasteiger partial charge in [-0.2, -0.15) is 0 Å². The van der Waals surface area contributed by atoms with Crippen molar-refractivity contribution in [1.82, 2.24) is 0 Å². The molecule has 1 fully saturated rings. The Balaban J connectivity index is 2.59. The molecule has 72 valence electrons. The first-order valence-corrected chi connectivity index (χ1v) is 5.05. The fourth-order valence-electron chi connectivity index (χ4n) is 1.88. The van der Waals surface area contributed by atoms with E-state index in [4.69, 9.17) is 0 Å². The van der Waals surface area contributed by atoms with Gasteiger partial charge < -0.3 is 0 Å². The van der Waals surface area contributed by atoms with Crippen LogP contribution in [0.15, 0.2) is 23.8 Å². The molecule has 0 amide bonds. The summed E-state index contributed by atoms with van der Waals surface area (Å²) < 4.78 is 0. The molecule has 2 atom stereocenters. The van der Waals surface area contributed by atoms with Crippen molar-refractivity contribution in [1.29, 1.82) is 0 Å². The minimum absolute atomic E-state index is 0.701. The first-order chi connectivity index (χ1) is 6.24. The van der Waals surface area contributed by atoms with Gasteiger partial charge in [-0.3, -0.25) is 4.79 Å². The molecule has 0 aromatic rings. The van der Waals surface area contributed by atoms with Crippen LogP contribution in [0.25, 0.3) is 0 Å². The average Bonchev–Trinajstić information content (AvgIpc) is 2.11. The lowest BCUT2D eigenvalue weighted by atomic mass is 9.80. The first-order valence-electron chi connectivity index (χ1n) is 5.05. The zero-order chi connectivity index (χ0) is 9.68. The SMILES string of the molecule is CC1CCC(C)/C(=C\C=C\C=O)C1. The van der Waals surface area contributed by atoms with E-state index in [2.05, 4.69) is 19.9 Å². The molecule has 1 aliphatic carbocycles. The van der Waals surface area contributed by atoms with Gasteiger partial charge in [0.1, 0.15) is 6.29 Å². The summed E-state index contributed by atoms with van der Waals surface area (Å²) in [6.07, 6.45) is 10.2. The van der Waals surface area contributed by atoms with Crippen LogP contribution in [0, 0.1) is 11.8 Å². The van der Waals surface area contributed by atoms with Crippen molar-refractivity contribution in [3.8, 4) is 0 Å². The number of allylic oxidation sites excluding steroid dienone is 4. The molecule has 0 aromatic heterocycles. The summed E-state index contributed by atoms with van der Waals surface area (Å²) in [6.45, 7) is 4.57. The molecular weight excluding hydrogens is 160 g/mol. The molecule has 0 aliphatic heterocycles. The predicted molar refractivity (Wildman–Crippen MR) is 55.5 cm³/mol. The van der Waals surface area contributed by atoms with Crippen molar-refractivity contribution in [3.63, 3.8) is 0 Å². The molecular formula is C12H18O. The van der Waals surface area contributed by atoms with Crippen LogP contribution < -0.4 is 0 Å². The van der Waals surface area contributed by atoms with Crippen LogP contribution in [0.2, 0.25) is 0 Å². The molecule has 0 heterocycles. The Bertz CT molecular complexity index is 225. The van der Waals surface area contributed by atoms with E-state index in [9.17, 15) is 4.79 Å². The molecule has 1 nitrogen and oxygen atoms in total. The van der Waals surface area contributed by atoms with E-state index in [1.54, 1.807) is 6.08 Å². The van der Waals surface area contributed by atoms with Gasteiger partial charge in [-0.05, 0) is 37.2 Å².